The smallest absolute Gasteiger partial charge is 0.228 e. The Morgan fingerprint density at radius 1 is 1.53 bits per heavy atom. The van der Waals surface area contributed by atoms with Gasteiger partial charge in [0.1, 0.15) is 5.76 Å². The van der Waals surface area contributed by atoms with E-state index in [0.717, 1.165) is 41.0 Å². The molecule has 1 amide bonds. The maximum absolute atomic E-state index is 11.9. The van der Waals surface area contributed by atoms with E-state index in [2.05, 4.69) is 11.9 Å². The first-order valence-corrected chi connectivity index (χ1v) is 6.23. The lowest BCUT2D eigenvalue weighted by Gasteiger charge is -2.18. The molecular formula is C15H18N2O2. The molecule has 0 bridgehead atoms. The summed E-state index contributed by atoms with van der Waals surface area (Å²) in [5.41, 5.74) is 10.3. The van der Waals surface area contributed by atoms with Crippen molar-refractivity contribution < 1.29 is 9.90 Å². The van der Waals surface area contributed by atoms with Crippen LogP contribution in [0.2, 0.25) is 0 Å². The van der Waals surface area contributed by atoms with Crippen molar-refractivity contribution in [3.05, 3.63) is 58.7 Å². The lowest BCUT2D eigenvalue weighted by Crippen LogP contribution is -2.23. The summed E-state index contributed by atoms with van der Waals surface area (Å²) in [4.78, 5) is 11.9. The van der Waals surface area contributed by atoms with Gasteiger partial charge in [0.25, 0.3) is 0 Å². The molecule has 1 aliphatic heterocycles. The topological polar surface area (TPSA) is 75.3 Å². The third-order valence-electron chi connectivity index (χ3n) is 3.41. The van der Waals surface area contributed by atoms with E-state index in [1.165, 1.54) is 6.08 Å². The number of carbonyl (C=O) groups excluding carboxylic acids is 1. The summed E-state index contributed by atoms with van der Waals surface area (Å²) in [7, 11) is 0. The van der Waals surface area contributed by atoms with Crippen molar-refractivity contribution in [2.24, 2.45) is 5.73 Å². The van der Waals surface area contributed by atoms with Gasteiger partial charge in [0, 0.05) is 11.4 Å². The third-order valence-corrected chi connectivity index (χ3v) is 3.41. The number of aliphatic hydroxyl groups is 1. The number of hydrogen-bond donors (Lipinski definition) is 3. The summed E-state index contributed by atoms with van der Waals surface area (Å²) in [6.07, 6.45) is 6.60. The second-order valence-electron chi connectivity index (χ2n) is 4.76. The van der Waals surface area contributed by atoms with E-state index in [9.17, 15) is 9.90 Å². The molecule has 1 heterocycles. The first-order chi connectivity index (χ1) is 9.01. The molecule has 0 radical (unpaired) electrons. The number of rotatable bonds is 2. The predicted octanol–water partition coefficient (Wildman–Crippen LogP) is 2.34. The van der Waals surface area contributed by atoms with Crippen LogP contribution in [0.5, 0.6) is 0 Å². The molecule has 0 fully saturated rings. The summed E-state index contributed by atoms with van der Waals surface area (Å²) in [5, 5.41) is 12.4. The Labute approximate surface area is 112 Å². The van der Waals surface area contributed by atoms with E-state index in [-0.39, 0.29) is 18.1 Å². The Morgan fingerprint density at radius 2 is 2.26 bits per heavy atom. The van der Waals surface area contributed by atoms with Gasteiger partial charge in [-0.1, -0.05) is 6.58 Å². The van der Waals surface area contributed by atoms with Crippen LogP contribution < -0.4 is 11.1 Å². The van der Waals surface area contributed by atoms with Gasteiger partial charge in [-0.3, -0.25) is 4.79 Å². The van der Waals surface area contributed by atoms with Crippen molar-refractivity contribution in [1.29, 1.82) is 0 Å². The van der Waals surface area contributed by atoms with Crippen molar-refractivity contribution in [3.63, 3.8) is 0 Å². The Morgan fingerprint density at radius 3 is 2.95 bits per heavy atom. The largest absolute Gasteiger partial charge is 0.508 e. The van der Waals surface area contributed by atoms with E-state index >= 15 is 0 Å². The zero-order valence-corrected chi connectivity index (χ0v) is 11.0. The first kappa shape index (κ1) is 13.2. The molecule has 2 aliphatic rings. The molecule has 0 aromatic heterocycles. The second kappa shape index (κ2) is 5.18. The molecule has 0 aromatic carbocycles. The van der Waals surface area contributed by atoms with E-state index in [1.54, 1.807) is 6.08 Å². The highest BCUT2D eigenvalue weighted by molar-refractivity contribution is 5.83. The van der Waals surface area contributed by atoms with Crippen molar-refractivity contribution in [2.45, 2.75) is 26.2 Å². The Bertz CT molecular complexity index is 563. The lowest BCUT2D eigenvalue weighted by molar-refractivity contribution is -0.119. The molecule has 4 nitrogen and oxygen atoms in total. The molecule has 0 saturated heterocycles. The van der Waals surface area contributed by atoms with Crippen LogP contribution in [-0.4, -0.2) is 11.0 Å². The van der Waals surface area contributed by atoms with Gasteiger partial charge in [-0.25, -0.2) is 0 Å². The summed E-state index contributed by atoms with van der Waals surface area (Å²) in [5.74, 6) is -0.0320. The molecule has 1 aliphatic carbocycles. The molecule has 0 unspecified atom stereocenters. The number of amides is 1. The van der Waals surface area contributed by atoms with Crippen molar-refractivity contribution >= 4 is 5.91 Å². The normalized spacial score (nSPS) is 20.6. The summed E-state index contributed by atoms with van der Waals surface area (Å²) < 4.78 is 0. The number of allylic oxidation sites excluding steroid dienone is 6. The zero-order valence-electron chi connectivity index (χ0n) is 11.0. The van der Waals surface area contributed by atoms with Gasteiger partial charge in [-0.2, -0.15) is 0 Å². The number of nitrogens with two attached hydrogens (primary N) is 1. The fourth-order valence-electron chi connectivity index (χ4n) is 2.34. The number of nitrogens with one attached hydrogen (secondary N) is 1. The van der Waals surface area contributed by atoms with E-state index in [1.807, 2.05) is 13.0 Å². The molecule has 0 spiro atoms. The highest BCUT2D eigenvalue weighted by Crippen LogP contribution is 2.31. The summed E-state index contributed by atoms with van der Waals surface area (Å²) in [6, 6.07) is 0. The summed E-state index contributed by atoms with van der Waals surface area (Å²) in [6.45, 7) is 5.47. The average Bonchev–Trinajstić information content (AvgIpc) is 2.47. The van der Waals surface area contributed by atoms with Gasteiger partial charge >= 0.3 is 0 Å². The van der Waals surface area contributed by atoms with Gasteiger partial charge in [0.15, 0.2) is 0 Å². The minimum atomic E-state index is -0.0987. The molecule has 0 aromatic rings. The minimum absolute atomic E-state index is 0.0667. The van der Waals surface area contributed by atoms with Crippen LogP contribution >= 0.6 is 0 Å². The van der Waals surface area contributed by atoms with Crippen LogP contribution in [0.1, 0.15) is 26.2 Å². The third kappa shape index (κ3) is 2.78. The Hall–Kier alpha value is -2.23. The van der Waals surface area contributed by atoms with E-state index < -0.39 is 0 Å². The fourth-order valence-corrected chi connectivity index (χ4v) is 2.34. The molecule has 100 valence electrons. The minimum Gasteiger partial charge on any atom is -0.508 e. The Balaban J connectivity index is 2.52. The molecule has 19 heavy (non-hydrogen) atoms. The quantitative estimate of drug-likeness (QED) is 0.525. The Kier molecular flexibility index (Phi) is 3.60. The number of hydrogen-bond acceptors (Lipinski definition) is 3. The van der Waals surface area contributed by atoms with E-state index in [4.69, 9.17) is 5.73 Å². The van der Waals surface area contributed by atoms with Crippen LogP contribution in [0.15, 0.2) is 58.7 Å². The first-order valence-electron chi connectivity index (χ1n) is 6.23. The molecule has 0 atom stereocenters. The highest BCUT2D eigenvalue weighted by atomic mass is 16.3. The van der Waals surface area contributed by atoms with Crippen LogP contribution in [-0.2, 0) is 4.79 Å². The number of aliphatic hydroxyl groups excluding tert-OH is 1. The van der Waals surface area contributed by atoms with Crippen LogP contribution in [0.4, 0.5) is 0 Å². The van der Waals surface area contributed by atoms with Crippen molar-refractivity contribution in [2.75, 3.05) is 0 Å². The lowest BCUT2D eigenvalue weighted by atomic mass is 9.91. The molecule has 4 N–H and O–H groups in total. The monoisotopic (exact) mass is 258 g/mol. The molecule has 4 heteroatoms. The standard InChI is InChI=1S/C15H18N2O2/c1-3-12(18)6-10-7-15(19)17-14-8-11(16)4-5-13(14)9(10)2/h3,6,8,18H,1,4-5,7,16H2,2H3,(H,17,19)/b12-6+. The SMILES string of the molecule is C=C/C(O)=C\C1=C(C)C2=C(C=C(N)CC2)NC(=O)C1. The van der Waals surface area contributed by atoms with E-state index in [0.29, 0.717) is 0 Å². The van der Waals surface area contributed by atoms with Crippen LogP contribution in [0.3, 0.4) is 0 Å². The average molecular weight is 258 g/mol. The number of carbonyl (C=O) groups is 1. The van der Waals surface area contributed by atoms with Gasteiger partial charge < -0.3 is 16.2 Å². The van der Waals surface area contributed by atoms with Gasteiger partial charge in [-0.15, -0.1) is 0 Å². The molecular weight excluding hydrogens is 240 g/mol. The van der Waals surface area contributed by atoms with Crippen LogP contribution in [0.25, 0.3) is 0 Å². The van der Waals surface area contributed by atoms with Crippen molar-refractivity contribution in [1.82, 2.24) is 5.32 Å². The summed E-state index contributed by atoms with van der Waals surface area (Å²) >= 11 is 0. The zero-order chi connectivity index (χ0) is 14.0. The maximum atomic E-state index is 11.9. The van der Waals surface area contributed by atoms with Gasteiger partial charge in [0.2, 0.25) is 5.91 Å². The van der Waals surface area contributed by atoms with Crippen molar-refractivity contribution in [3.8, 4) is 0 Å². The highest BCUT2D eigenvalue weighted by Gasteiger charge is 2.21. The van der Waals surface area contributed by atoms with Crippen LogP contribution in [0, 0.1) is 0 Å². The molecule has 2 rings (SSSR count). The molecule has 0 saturated carbocycles. The fraction of sp³-hybridized carbons (Fsp3) is 0.267. The second-order valence-corrected chi connectivity index (χ2v) is 4.76. The predicted molar refractivity (Wildman–Crippen MR) is 74.9 cm³/mol. The van der Waals surface area contributed by atoms with Gasteiger partial charge in [-0.05, 0) is 54.7 Å². The maximum Gasteiger partial charge on any atom is 0.228 e. The van der Waals surface area contributed by atoms with Gasteiger partial charge in [0.05, 0.1) is 6.42 Å².